The molecule has 134 valence electrons. The first-order valence-corrected chi connectivity index (χ1v) is 9.70. The molecular weight excluding hydrogens is 326 g/mol. The normalized spacial score (nSPS) is 12.0. The van der Waals surface area contributed by atoms with Gasteiger partial charge in [0.15, 0.2) is 0 Å². The van der Waals surface area contributed by atoms with Crippen molar-refractivity contribution < 1.29 is 0 Å². The van der Waals surface area contributed by atoms with Gasteiger partial charge in [0.1, 0.15) is 0 Å². The highest BCUT2D eigenvalue weighted by Gasteiger charge is 2.08. The number of anilines is 1. The Morgan fingerprint density at radius 1 is 0.815 bits per heavy atom. The molecule has 0 bridgehead atoms. The molecule has 27 heavy (non-hydrogen) atoms. The van der Waals surface area contributed by atoms with E-state index in [2.05, 4.69) is 86.7 Å². The summed E-state index contributed by atoms with van der Waals surface area (Å²) in [5, 5.41) is 5.18. The van der Waals surface area contributed by atoms with Crippen LogP contribution >= 0.6 is 0 Å². The molecule has 4 rings (SSSR count). The molecule has 4 aromatic rings. The van der Waals surface area contributed by atoms with E-state index < -0.39 is 0 Å². The second-order valence-electron chi connectivity index (χ2n) is 7.06. The van der Waals surface area contributed by atoms with Crippen LogP contribution in [0.4, 0.5) is 5.69 Å². The Balaban J connectivity index is 1.92. The summed E-state index contributed by atoms with van der Waals surface area (Å²) in [5.41, 5.74) is 12.1. The zero-order chi connectivity index (χ0) is 18.8. The van der Waals surface area contributed by atoms with E-state index in [1.165, 1.54) is 43.8 Å². The smallest absolute Gasteiger partial charge is 0.0317 e. The van der Waals surface area contributed by atoms with Crippen LogP contribution in [0.5, 0.6) is 0 Å². The van der Waals surface area contributed by atoms with Crippen molar-refractivity contribution in [1.82, 2.24) is 0 Å². The largest absolute Gasteiger partial charge is 0.399 e. The van der Waals surface area contributed by atoms with Crippen molar-refractivity contribution in [3.63, 3.8) is 0 Å². The summed E-state index contributed by atoms with van der Waals surface area (Å²) in [7, 11) is 0. The summed E-state index contributed by atoms with van der Waals surface area (Å²) >= 11 is 0. The molecule has 1 heteroatoms. The second kappa shape index (κ2) is 7.28. The lowest BCUT2D eigenvalue weighted by molar-refractivity contribution is 1.13. The van der Waals surface area contributed by atoms with Gasteiger partial charge in [0.05, 0.1) is 0 Å². The fourth-order valence-corrected chi connectivity index (χ4v) is 3.88. The number of allylic oxidation sites excluding steroid dienone is 1. The van der Waals surface area contributed by atoms with Gasteiger partial charge in [-0.15, -0.1) is 0 Å². The molecule has 0 radical (unpaired) electrons. The average molecular weight is 351 g/mol. The van der Waals surface area contributed by atoms with Crippen LogP contribution in [0.25, 0.3) is 33.2 Å². The average Bonchev–Trinajstić information content (AvgIpc) is 2.71. The van der Waals surface area contributed by atoms with E-state index in [-0.39, 0.29) is 0 Å². The van der Waals surface area contributed by atoms with Gasteiger partial charge in [-0.05, 0) is 80.9 Å². The minimum atomic E-state index is 0.832. The topological polar surface area (TPSA) is 26.0 Å². The van der Waals surface area contributed by atoms with E-state index in [1.807, 2.05) is 6.07 Å². The minimum absolute atomic E-state index is 0.832. The SMILES string of the molecule is CCC(=Cc1ccc(N)cc1CC)c1cccc2cc3ccccc3cc12. The molecular formula is C26H25N. The van der Waals surface area contributed by atoms with Gasteiger partial charge in [-0.2, -0.15) is 0 Å². The second-order valence-corrected chi connectivity index (χ2v) is 7.06. The van der Waals surface area contributed by atoms with Crippen LogP contribution in [0.2, 0.25) is 0 Å². The van der Waals surface area contributed by atoms with Crippen LogP contribution in [-0.2, 0) is 6.42 Å². The molecule has 0 aliphatic carbocycles. The van der Waals surface area contributed by atoms with Crippen LogP contribution in [0.15, 0.2) is 72.8 Å². The Labute approximate surface area is 161 Å². The molecule has 0 fully saturated rings. The molecule has 0 unspecified atom stereocenters. The van der Waals surface area contributed by atoms with Crippen molar-refractivity contribution in [2.24, 2.45) is 0 Å². The number of rotatable bonds is 4. The zero-order valence-electron chi connectivity index (χ0n) is 16.0. The first kappa shape index (κ1) is 17.4. The molecule has 0 atom stereocenters. The number of fused-ring (bicyclic) bond motifs is 2. The fourth-order valence-electron chi connectivity index (χ4n) is 3.88. The van der Waals surface area contributed by atoms with Gasteiger partial charge in [-0.25, -0.2) is 0 Å². The molecule has 0 spiro atoms. The molecule has 1 nitrogen and oxygen atoms in total. The summed E-state index contributed by atoms with van der Waals surface area (Å²) in [6, 6.07) is 26.0. The van der Waals surface area contributed by atoms with Crippen LogP contribution in [0.3, 0.4) is 0 Å². The van der Waals surface area contributed by atoms with Gasteiger partial charge in [0.2, 0.25) is 0 Å². The lowest BCUT2D eigenvalue weighted by Gasteiger charge is -2.13. The lowest BCUT2D eigenvalue weighted by Crippen LogP contribution is -1.93. The fraction of sp³-hybridized carbons (Fsp3) is 0.154. The van der Waals surface area contributed by atoms with Gasteiger partial charge in [-0.3, -0.25) is 0 Å². The maximum absolute atomic E-state index is 5.98. The monoisotopic (exact) mass is 351 g/mol. The minimum Gasteiger partial charge on any atom is -0.399 e. The maximum atomic E-state index is 5.98. The van der Waals surface area contributed by atoms with E-state index in [0.717, 1.165) is 18.5 Å². The van der Waals surface area contributed by atoms with Gasteiger partial charge in [0, 0.05) is 5.69 Å². The van der Waals surface area contributed by atoms with Crippen molar-refractivity contribution in [1.29, 1.82) is 0 Å². The molecule has 0 amide bonds. The number of hydrogen-bond donors (Lipinski definition) is 1. The standard InChI is InChI=1S/C26H25N/c1-3-18-16-24(27)13-12-22(18)14-19(4-2)25-11-7-10-23-15-20-8-5-6-9-21(20)17-26(23)25/h5-17H,3-4,27H2,1-2H3. The van der Waals surface area contributed by atoms with Crippen molar-refractivity contribution in [3.05, 3.63) is 89.5 Å². The van der Waals surface area contributed by atoms with Gasteiger partial charge in [0.25, 0.3) is 0 Å². The third kappa shape index (κ3) is 3.33. The molecule has 2 N–H and O–H groups in total. The number of benzene rings is 4. The van der Waals surface area contributed by atoms with Crippen LogP contribution in [0, 0.1) is 0 Å². The summed E-state index contributed by atoms with van der Waals surface area (Å²) in [5.74, 6) is 0. The number of nitrogen functional groups attached to an aromatic ring is 1. The molecule has 0 saturated carbocycles. The predicted octanol–water partition coefficient (Wildman–Crippen LogP) is 7.09. The molecule has 0 aliphatic heterocycles. The van der Waals surface area contributed by atoms with Crippen molar-refractivity contribution in [2.45, 2.75) is 26.7 Å². The van der Waals surface area contributed by atoms with Crippen molar-refractivity contribution in [3.8, 4) is 0 Å². The first-order chi connectivity index (χ1) is 13.2. The van der Waals surface area contributed by atoms with Crippen LogP contribution in [0.1, 0.15) is 37.0 Å². The third-order valence-electron chi connectivity index (χ3n) is 5.35. The van der Waals surface area contributed by atoms with E-state index >= 15 is 0 Å². The van der Waals surface area contributed by atoms with E-state index in [9.17, 15) is 0 Å². The van der Waals surface area contributed by atoms with E-state index in [4.69, 9.17) is 5.73 Å². The van der Waals surface area contributed by atoms with E-state index in [1.54, 1.807) is 0 Å². The third-order valence-corrected chi connectivity index (χ3v) is 5.35. The van der Waals surface area contributed by atoms with Crippen molar-refractivity contribution in [2.75, 3.05) is 5.73 Å². The molecule has 0 heterocycles. The Morgan fingerprint density at radius 2 is 1.56 bits per heavy atom. The Kier molecular flexibility index (Phi) is 4.68. The number of hydrogen-bond acceptors (Lipinski definition) is 1. The zero-order valence-corrected chi connectivity index (χ0v) is 16.0. The first-order valence-electron chi connectivity index (χ1n) is 9.70. The molecule has 0 saturated heterocycles. The summed E-state index contributed by atoms with van der Waals surface area (Å²) in [6.07, 6.45) is 4.30. The summed E-state index contributed by atoms with van der Waals surface area (Å²) in [6.45, 7) is 4.41. The lowest BCUT2D eigenvalue weighted by atomic mass is 9.92. The summed E-state index contributed by atoms with van der Waals surface area (Å²) in [4.78, 5) is 0. The Morgan fingerprint density at radius 3 is 2.30 bits per heavy atom. The van der Waals surface area contributed by atoms with Gasteiger partial charge >= 0.3 is 0 Å². The van der Waals surface area contributed by atoms with Crippen LogP contribution in [-0.4, -0.2) is 0 Å². The number of aryl methyl sites for hydroxylation is 1. The Hall–Kier alpha value is -3.06. The predicted molar refractivity (Wildman–Crippen MR) is 120 cm³/mol. The summed E-state index contributed by atoms with van der Waals surface area (Å²) < 4.78 is 0. The number of nitrogens with two attached hydrogens (primary N) is 1. The maximum Gasteiger partial charge on any atom is 0.0317 e. The van der Waals surface area contributed by atoms with Crippen LogP contribution < -0.4 is 5.73 Å². The van der Waals surface area contributed by atoms with Crippen molar-refractivity contribution >= 4 is 38.9 Å². The quantitative estimate of drug-likeness (QED) is 0.237. The highest BCUT2D eigenvalue weighted by molar-refractivity contribution is 6.04. The highest BCUT2D eigenvalue weighted by atomic mass is 14.5. The molecule has 4 aromatic carbocycles. The highest BCUT2D eigenvalue weighted by Crippen LogP contribution is 2.32. The Bertz CT molecular complexity index is 1150. The van der Waals surface area contributed by atoms with Gasteiger partial charge in [-0.1, -0.05) is 68.5 Å². The molecule has 0 aliphatic rings. The van der Waals surface area contributed by atoms with E-state index in [0.29, 0.717) is 0 Å². The molecule has 0 aromatic heterocycles. The van der Waals surface area contributed by atoms with Gasteiger partial charge < -0.3 is 5.73 Å².